The van der Waals surface area contributed by atoms with Gasteiger partial charge in [-0.1, -0.05) is 24.3 Å². The number of nitrogens with zero attached hydrogens (tertiary/aromatic N) is 1. The maximum atomic E-state index is 12.2. The van der Waals surface area contributed by atoms with Crippen LogP contribution in [0.3, 0.4) is 0 Å². The predicted molar refractivity (Wildman–Crippen MR) is 113 cm³/mol. The Kier molecular flexibility index (Phi) is 4.91. The lowest BCUT2D eigenvalue weighted by Crippen LogP contribution is -2.22. The van der Waals surface area contributed by atoms with E-state index in [0.717, 1.165) is 39.0 Å². The number of rotatable bonds is 5. The standard InChI is InChI=1S/C23H21N3O3/c1-3-24-23(28)18-10-14(8-9-20(18)27)15-11-17-19(13-26-22(17)25-12-15)16-6-4-5-7-21(16)29-2/h4-13,27H,3H2,1-2H3,(H,24,28)(H,25,26). The third-order valence-corrected chi connectivity index (χ3v) is 4.84. The molecule has 0 fully saturated rings. The minimum Gasteiger partial charge on any atom is -0.507 e. The van der Waals surface area contributed by atoms with Crippen molar-refractivity contribution in [2.45, 2.75) is 6.92 Å². The summed E-state index contributed by atoms with van der Waals surface area (Å²) in [7, 11) is 1.65. The molecule has 2 heterocycles. The largest absolute Gasteiger partial charge is 0.507 e. The highest BCUT2D eigenvalue weighted by Gasteiger charge is 2.15. The summed E-state index contributed by atoms with van der Waals surface area (Å²) in [5.74, 6) is 0.421. The van der Waals surface area contributed by atoms with Crippen LogP contribution < -0.4 is 10.1 Å². The molecule has 0 atom stereocenters. The minimum absolute atomic E-state index is 0.0508. The van der Waals surface area contributed by atoms with Crippen LogP contribution >= 0.6 is 0 Å². The van der Waals surface area contributed by atoms with Gasteiger partial charge < -0.3 is 20.1 Å². The zero-order valence-electron chi connectivity index (χ0n) is 16.2. The number of pyridine rings is 1. The van der Waals surface area contributed by atoms with E-state index in [9.17, 15) is 9.90 Å². The van der Waals surface area contributed by atoms with Crippen LogP contribution in [0.5, 0.6) is 11.5 Å². The molecule has 4 rings (SSSR count). The molecule has 0 saturated heterocycles. The van der Waals surface area contributed by atoms with E-state index in [0.29, 0.717) is 6.54 Å². The molecule has 0 aliphatic heterocycles. The Morgan fingerprint density at radius 1 is 1.14 bits per heavy atom. The van der Waals surface area contributed by atoms with E-state index in [1.54, 1.807) is 25.4 Å². The van der Waals surface area contributed by atoms with Crippen LogP contribution in [0, 0.1) is 0 Å². The Morgan fingerprint density at radius 2 is 1.97 bits per heavy atom. The SMILES string of the molecule is CCNC(=O)c1cc(-c2cnc3[nH]cc(-c4ccccc4OC)c3c2)ccc1O. The molecule has 2 aromatic heterocycles. The van der Waals surface area contributed by atoms with E-state index in [1.165, 1.54) is 6.07 Å². The van der Waals surface area contributed by atoms with Crippen molar-refractivity contribution in [1.82, 2.24) is 15.3 Å². The fourth-order valence-electron chi connectivity index (χ4n) is 3.40. The van der Waals surface area contributed by atoms with Gasteiger partial charge in [0.1, 0.15) is 17.1 Å². The van der Waals surface area contributed by atoms with Gasteiger partial charge in [-0.15, -0.1) is 0 Å². The second-order valence-electron chi connectivity index (χ2n) is 6.61. The van der Waals surface area contributed by atoms with Gasteiger partial charge in [0.05, 0.1) is 12.7 Å². The van der Waals surface area contributed by atoms with E-state index in [2.05, 4.69) is 15.3 Å². The molecular weight excluding hydrogens is 366 g/mol. The summed E-state index contributed by atoms with van der Waals surface area (Å²) in [4.78, 5) is 20.0. The van der Waals surface area contributed by atoms with Crippen LogP contribution in [-0.2, 0) is 0 Å². The Hall–Kier alpha value is -3.80. The smallest absolute Gasteiger partial charge is 0.255 e. The third-order valence-electron chi connectivity index (χ3n) is 4.84. The fraction of sp³-hybridized carbons (Fsp3) is 0.130. The number of aromatic amines is 1. The maximum Gasteiger partial charge on any atom is 0.255 e. The molecule has 4 aromatic rings. The number of benzene rings is 2. The number of amides is 1. The van der Waals surface area contributed by atoms with Gasteiger partial charge >= 0.3 is 0 Å². The molecule has 1 amide bonds. The zero-order valence-corrected chi connectivity index (χ0v) is 16.2. The number of aromatic nitrogens is 2. The Morgan fingerprint density at radius 3 is 2.76 bits per heavy atom. The molecule has 2 aromatic carbocycles. The molecular formula is C23H21N3O3. The monoisotopic (exact) mass is 387 g/mol. The number of para-hydroxylation sites is 1. The molecule has 0 radical (unpaired) electrons. The molecule has 0 unspecified atom stereocenters. The van der Waals surface area contributed by atoms with Gasteiger partial charge in [-0.2, -0.15) is 0 Å². The normalized spacial score (nSPS) is 10.8. The molecule has 29 heavy (non-hydrogen) atoms. The molecule has 0 saturated carbocycles. The predicted octanol–water partition coefficient (Wildman–Crippen LogP) is 4.36. The first-order valence-electron chi connectivity index (χ1n) is 9.34. The van der Waals surface area contributed by atoms with Crippen molar-refractivity contribution in [3.8, 4) is 33.8 Å². The quantitative estimate of drug-likeness (QED) is 0.475. The second kappa shape index (κ2) is 7.67. The summed E-state index contributed by atoms with van der Waals surface area (Å²) in [6.45, 7) is 2.32. The Labute approximate surface area is 168 Å². The molecule has 0 spiro atoms. The van der Waals surface area contributed by atoms with Gasteiger partial charge in [0.2, 0.25) is 0 Å². The average molecular weight is 387 g/mol. The highest BCUT2D eigenvalue weighted by molar-refractivity contribution is 5.99. The maximum absolute atomic E-state index is 12.2. The molecule has 6 nitrogen and oxygen atoms in total. The number of H-pyrrole nitrogens is 1. The summed E-state index contributed by atoms with van der Waals surface area (Å²) >= 11 is 0. The topological polar surface area (TPSA) is 87.2 Å². The van der Waals surface area contributed by atoms with Gasteiger partial charge in [-0.25, -0.2) is 4.98 Å². The molecule has 146 valence electrons. The van der Waals surface area contributed by atoms with Gasteiger partial charge in [-0.05, 0) is 36.8 Å². The van der Waals surface area contributed by atoms with Crippen LogP contribution in [0.4, 0.5) is 0 Å². The Balaban J connectivity index is 1.83. The molecule has 6 heteroatoms. The van der Waals surface area contributed by atoms with Crippen LogP contribution in [-0.4, -0.2) is 34.6 Å². The highest BCUT2D eigenvalue weighted by atomic mass is 16.5. The highest BCUT2D eigenvalue weighted by Crippen LogP contribution is 2.36. The van der Waals surface area contributed by atoms with Crippen LogP contribution in [0.2, 0.25) is 0 Å². The number of carbonyl (C=O) groups excluding carboxylic acids is 1. The van der Waals surface area contributed by atoms with Gasteiger partial charge in [0.25, 0.3) is 5.91 Å². The lowest BCUT2D eigenvalue weighted by atomic mass is 10.00. The lowest BCUT2D eigenvalue weighted by molar-refractivity contribution is 0.0953. The zero-order chi connectivity index (χ0) is 20.4. The van der Waals surface area contributed by atoms with Crippen molar-refractivity contribution in [3.63, 3.8) is 0 Å². The summed E-state index contributed by atoms with van der Waals surface area (Å²) in [6.07, 6.45) is 3.66. The Bertz CT molecular complexity index is 1200. The van der Waals surface area contributed by atoms with Crippen molar-refractivity contribution in [1.29, 1.82) is 0 Å². The number of hydrogen-bond acceptors (Lipinski definition) is 4. The number of phenols is 1. The van der Waals surface area contributed by atoms with E-state index < -0.39 is 0 Å². The van der Waals surface area contributed by atoms with Crippen molar-refractivity contribution in [2.75, 3.05) is 13.7 Å². The van der Waals surface area contributed by atoms with Gasteiger partial charge in [-0.3, -0.25) is 4.79 Å². The number of hydrogen-bond donors (Lipinski definition) is 3. The lowest BCUT2D eigenvalue weighted by Gasteiger charge is -2.09. The first-order chi connectivity index (χ1) is 14.1. The number of aromatic hydroxyl groups is 1. The van der Waals surface area contributed by atoms with E-state index in [-0.39, 0.29) is 17.2 Å². The van der Waals surface area contributed by atoms with E-state index >= 15 is 0 Å². The van der Waals surface area contributed by atoms with Crippen molar-refractivity contribution < 1.29 is 14.6 Å². The number of fused-ring (bicyclic) bond motifs is 1. The summed E-state index contributed by atoms with van der Waals surface area (Å²) in [6, 6.07) is 14.8. The van der Waals surface area contributed by atoms with Crippen molar-refractivity contribution in [3.05, 3.63) is 66.5 Å². The van der Waals surface area contributed by atoms with Crippen LogP contribution in [0.1, 0.15) is 17.3 Å². The van der Waals surface area contributed by atoms with E-state index in [1.807, 2.05) is 43.5 Å². The van der Waals surface area contributed by atoms with Crippen LogP contribution in [0.15, 0.2) is 60.9 Å². The number of carbonyl (C=O) groups is 1. The van der Waals surface area contributed by atoms with Crippen molar-refractivity contribution in [2.24, 2.45) is 0 Å². The first kappa shape index (κ1) is 18.6. The van der Waals surface area contributed by atoms with E-state index in [4.69, 9.17) is 4.74 Å². The molecule has 0 bridgehead atoms. The number of ether oxygens (including phenoxy) is 1. The fourth-order valence-corrected chi connectivity index (χ4v) is 3.40. The molecule has 3 N–H and O–H groups in total. The van der Waals surface area contributed by atoms with Crippen molar-refractivity contribution >= 4 is 16.9 Å². The number of nitrogens with one attached hydrogen (secondary N) is 2. The van der Waals surface area contributed by atoms with Crippen LogP contribution in [0.25, 0.3) is 33.3 Å². The number of methoxy groups -OCH3 is 1. The second-order valence-corrected chi connectivity index (χ2v) is 6.61. The summed E-state index contributed by atoms with van der Waals surface area (Å²) < 4.78 is 5.50. The summed E-state index contributed by atoms with van der Waals surface area (Å²) in [5.41, 5.74) is 4.59. The average Bonchev–Trinajstić information content (AvgIpc) is 3.17. The molecule has 0 aliphatic carbocycles. The first-order valence-corrected chi connectivity index (χ1v) is 9.34. The third kappa shape index (κ3) is 3.40. The van der Waals surface area contributed by atoms with Gasteiger partial charge in [0.15, 0.2) is 0 Å². The number of phenolic OH excluding ortho intramolecular Hbond substituents is 1. The van der Waals surface area contributed by atoms with Gasteiger partial charge in [0, 0.05) is 41.0 Å². The molecule has 0 aliphatic rings. The minimum atomic E-state index is -0.308. The summed E-state index contributed by atoms with van der Waals surface area (Å²) in [5, 5.41) is 13.7.